The zero-order valence-electron chi connectivity index (χ0n) is 8.33. The lowest BCUT2D eigenvalue weighted by molar-refractivity contribution is 0.142. The van der Waals surface area contributed by atoms with E-state index in [-0.39, 0.29) is 0 Å². The molecule has 5 heteroatoms. The lowest BCUT2D eigenvalue weighted by Crippen LogP contribution is -2.48. The summed E-state index contributed by atoms with van der Waals surface area (Å²) >= 11 is 0. The van der Waals surface area contributed by atoms with Gasteiger partial charge >= 0.3 is 6.09 Å². The number of rotatable bonds is 1. The highest BCUT2D eigenvalue weighted by Gasteiger charge is 2.20. The zero-order valence-corrected chi connectivity index (χ0v) is 8.33. The van der Waals surface area contributed by atoms with Gasteiger partial charge in [0.15, 0.2) is 0 Å². The van der Waals surface area contributed by atoms with Gasteiger partial charge in [0.2, 0.25) is 0 Å². The van der Waals surface area contributed by atoms with Crippen LogP contribution >= 0.6 is 0 Å². The van der Waals surface area contributed by atoms with Crippen LogP contribution in [-0.2, 0) is 0 Å². The van der Waals surface area contributed by atoms with E-state index in [0.29, 0.717) is 13.1 Å². The molecule has 0 aromatic carbocycles. The summed E-state index contributed by atoms with van der Waals surface area (Å²) in [5.41, 5.74) is 1.11. The molecule has 0 atom stereocenters. The van der Waals surface area contributed by atoms with Crippen LogP contribution in [-0.4, -0.2) is 47.3 Å². The van der Waals surface area contributed by atoms with Crippen LogP contribution in [0, 0.1) is 0 Å². The number of aromatic nitrogens is 1. The predicted octanol–water partition coefficient (Wildman–Crippen LogP) is 0.882. The molecule has 1 aliphatic rings. The van der Waals surface area contributed by atoms with E-state index in [1.165, 1.54) is 4.90 Å². The van der Waals surface area contributed by atoms with Crippen LogP contribution in [0.15, 0.2) is 24.5 Å². The maximum absolute atomic E-state index is 10.7. The highest BCUT2D eigenvalue weighted by Crippen LogP contribution is 2.14. The number of pyridine rings is 1. The SMILES string of the molecule is O=C(O)N1CCN(c2ccncc2)CC1. The summed E-state index contributed by atoms with van der Waals surface area (Å²) < 4.78 is 0. The van der Waals surface area contributed by atoms with Gasteiger partial charge in [-0.3, -0.25) is 4.98 Å². The minimum absolute atomic E-state index is 0.567. The molecule has 1 N–H and O–H groups in total. The Kier molecular flexibility index (Phi) is 2.71. The van der Waals surface area contributed by atoms with Crippen molar-refractivity contribution < 1.29 is 9.90 Å². The van der Waals surface area contributed by atoms with E-state index in [4.69, 9.17) is 5.11 Å². The molecule has 0 unspecified atom stereocenters. The molecule has 0 spiro atoms. The molecule has 5 nitrogen and oxygen atoms in total. The number of nitrogens with zero attached hydrogens (tertiary/aromatic N) is 3. The fraction of sp³-hybridized carbons (Fsp3) is 0.400. The van der Waals surface area contributed by atoms with Gasteiger partial charge in [-0.15, -0.1) is 0 Å². The monoisotopic (exact) mass is 207 g/mol. The van der Waals surface area contributed by atoms with Crippen LogP contribution < -0.4 is 4.90 Å². The third-order valence-electron chi connectivity index (χ3n) is 2.58. The molecule has 1 saturated heterocycles. The standard InChI is InChI=1S/C10H13N3O2/c14-10(15)13-7-5-12(6-8-13)9-1-3-11-4-2-9/h1-4H,5-8H2,(H,14,15). The normalized spacial score (nSPS) is 16.5. The summed E-state index contributed by atoms with van der Waals surface area (Å²) in [5, 5.41) is 8.79. The summed E-state index contributed by atoms with van der Waals surface area (Å²) in [6, 6.07) is 3.88. The van der Waals surface area contributed by atoms with Crippen molar-refractivity contribution in [2.75, 3.05) is 31.1 Å². The predicted molar refractivity (Wildman–Crippen MR) is 56.0 cm³/mol. The largest absolute Gasteiger partial charge is 0.465 e. The molecule has 0 bridgehead atoms. The number of amides is 1. The lowest BCUT2D eigenvalue weighted by Gasteiger charge is -2.34. The van der Waals surface area contributed by atoms with Gasteiger partial charge in [-0.2, -0.15) is 0 Å². The third-order valence-corrected chi connectivity index (χ3v) is 2.58. The highest BCUT2D eigenvalue weighted by atomic mass is 16.4. The first-order valence-corrected chi connectivity index (χ1v) is 4.90. The second kappa shape index (κ2) is 4.16. The summed E-state index contributed by atoms with van der Waals surface area (Å²) in [6.45, 7) is 2.63. The van der Waals surface area contributed by atoms with Crippen molar-refractivity contribution in [3.8, 4) is 0 Å². The summed E-state index contributed by atoms with van der Waals surface area (Å²) in [7, 11) is 0. The average Bonchev–Trinajstić information content (AvgIpc) is 2.30. The number of hydrogen-bond acceptors (Lipinski definition) is 3. The quantitative estimate of drug-likeness (QED) is 0.742. The van der Waals surface area contributed by atoms with Crippen molar-refractivity contribution in [3.63, 3.8) is 0 Å². The Balaban J connectivity index is 1.97. The van der Waals surface area contributed by atoms with E-state index < -0.39 is 6.09 Å². The van der Waals surface area contributed by atoms with Crippen molar-refractivity contribution in [2.45, 2.75) is 0 Å². The molecule has 0 radical (unpaired) electrons. The molecule has 1 fully saturated rings. The fourth-order valence-corrected chi connectivity index (χ4v) is 1.71. The first-order valence-electron chi connectivity index (χ1n) is 4.90. The van der Waals surface area contributed by atoms with E-state index in [2.05, 4.69) is 9.88 Å². The molecular formula is C10H13N3O2. The van der Waals surface area contributed by atoms with E-state index in [0.717, 1.165) is 18.8 Å². The molecule has 1 aromatic rings. The van der Waals surface area contributed by atoms with Crippen LogP contribution in [0.1, 0.15) is 0 Å². The number of carbonyl (C=O) groups is 1. The average molecular weight is 207 g/mol. The molecular weight excluding hydrogens is 194 g/mol. The maximum Gasteiger partial charge on any atom is 0.407 e. The van der Waals surface area contributed by atoms with Gasteiger partial charge in [0.05, 0.1) is 0 Å². The molecule has 2 rings (SSSR count). The minimum atomic E-state index is -0.829. The Morgan fingerprint density at radius 1 is 1.20 bits per heavy atom. The van der Waals surface area contributed by atoms with E-state index in [9.17, 15) is 4.79 Å². The Morgan fingerprint density at radius 3 is 2.33 bits per heavy atom. The first kappa shape index (κ1) is 9.76. The van der Waals surface area contributed by atoms with E-state index in [1.807, 2.05) is 12.1 Å². The van der Waals surface area contributed by atoms with Gasteiger partial charge < -0.3 is 14.9 Å². The Hall–Kier alpha value is -1.78. The number of anilines is 1. The van der Waals surface area contributed by atoms with Gasteiger partial charge in [-0.05, 0) is 12.1 Å². The summed E-state index contributed by atoms with van der Waals surface area (Å²) in [4.78, 5) is 18.3. The Labute approximate surface area is 87.9 Å². The Bertz CT molecular complexity index is 334. The van der Waals surface area contributed by atoms with Crippen molar-refractivity contribution >= 4 is 11.8 Å². The minimum Gasteiger partial charge on any atom is -0.465 e. The Morgan fingerprint density at radius 2 is 1.80 bits per heavy atom. The lowest BCUT2D eigenvalue weighted by atomic mass is 10.3. The van der Waals surface area contributed by atoms with Crippen molar-refractivity contribution in [1.82, 2.24) is 9.88 Å². The van der Waals surface area contributed by atoms with Crippen LogP contribution in [0.3, 0.4) is 0 Å². The van der Waals surface area contributed by atoms with Crippen molar-refractivity contribution in [2.24, 2.45) is 0 Å². The molecule has 1 aromatic heterocycles. The van der Waals surface area contributed by atoms with Crippen LogP contribution in [0.4, 0.5) is 10.5 Å². The molecule has 80 valence electrons. The molecule has 0 aliphatic carbocycles. The molecule has 1 aliphatic heterocycles. The second-order valence-electron chi connectivity index (χ2n) is 3.46. The molecule has 2 heterocycles. The number of piperazine rings is 1. The third kappa shape index (κ3) is 2.18. The molecule has 1 amide bonds. The highest BCUT2D eigenvalue weighted by molar-refractivity contribution is 5.65. The fourth-order valence-electron chi connectivity index (χ4n) is 1.71. The maximum atomic E-state index is 10.7. The van der Waals surface area contributed by atoms with Crippen molar-refractivity contribution in [1.29, 1.82) is 0 Å². The van der Waals surface area contributed by atoms with Gasteiger partial charge in [-0.25, -0.2) is 4.79 Å². The van der Waals surface area contributed by atoms with Gasteiger partial charge in [0.1, 0.15) is 0 Å². The number of carboxylic acid groups (broad SMARTS) is 1. The van der Waals surface area contributed by atoms with Crippen LogP contribution in [0.25, 0.3) is 0 Å². The second-order valence-corrected chi connectivity index (χ2v) is 3.46. The first-order chi connectivity index (χ1) is 7.27. The van der Waals surface area contributed by atoms with Gasteiger partial charge in [0.25, 0.3) is 0 Å². The van der Waals surface area contributed by atoms with Gasteiger partial charge in [-0.1, -0.05) is 0 Å². The van der Waals surface area contributed by atoms with E-state index >= 15 is 0 Å². The van der Waals surface area contributed by atoms with Crippen LogP contribution in [0.2, 0.25) is 0 Å². The van der Waals surface area contributed by atoms with Crippen molar-refractivity contribution in [3.05, 3.63) is 24.5 Å². The zero-order chi connectivity index (χ0) is 10.7. The smallest absolute Gasteiger partial charge is 0.407 e. The molecule has 15 heavy (non-hydrogen) atoms. The molecule has 0 saturated carbocycles. The van der Waals surface area contributed by atoms with E-state index in [1.54, 1.807) is 12.4 Å². The summed E-state index contributed by atoms with van der Waals surface area (Å²) in [5.74, 6) is 0. The summed E-state index contributed by atoms with van der Waals surface area (Å²) in [6.07, 6.45) is 2.67. The number of hydrogen-bond donors (Lipinski definition) is 1. The topological polar surface area (TPSA) is 56.7 Å². The van der Waals surface area contributed by atoms with Gasteiger partial charge in [0, 0.05) is 44.3 Å². The van der Waals surface area contributed by atoms with Crippen LogP contribution in [0.5, 0.6) is 0 Å².